The Morgan fingerprint density at radius 3 is 2.56 bits per heavy atom. The topological polar surface area (TPSA) is 73.4 Å². The number of benzene rings is 2. The number of thiocarbonyl (C=S) groups is 1. The molecule has 2 aromatic rings. The maximum atomic E-state index is 13.8. The third-order valence-corrected chi connectivity index (χ3v) is 4.08. The van der Waals surface area contributed by atoms with Crippen LogP contribution < -0.4 is 16.0 Å². The molecule has 0 aliphatic carbocycles. The molecule has 0 aromatic heterocycles. The smallest absolute Gasteiger partial charge is 0.255 e. The van der Waals surface area contributed by atoms with Crippen LogP contribution in [0.15, 0.2) is 59.8 Å². The van der Waals surface area contributed by atoms with Crippen molar-refractivity contribution < 1.29 is 14.3 Å². The number of amides is 1. The molecule has 1 aliphatic rings. The SMILES string of the molecule is CC1=C(C(=O)Nc2ccccc2F)C(c2ccc(O)cc2)NC(=S)N1. The molecule has 1 atom stereocenters. The van der Waals surface area contributed by atoms with Crippen molar-refractivity contribution in [2.75, 3.05) is 5.32 Å². The van der Waals surface area contributed by atoms with Crippen LogP contribution in [0.5, 0.6) is 5.75 Å². The van der Waals surface area contributed by atoms with Crippen molar-refractivity contribution in [2.45, 2.75) is 13.0 Å². The number of hydrogen-bond donors (Lipinski definition) is 4. The van der Waals surface area contributed by atoms with Gasteiger partial charge < -0.3 is 21.1 Å². The summed E-state index contributed by atoms with van der Waals surface area (Å²) < 4.78 is 13.8. The second-order valence-corrected chi connectivity index (χ2v) is 6.00. The molecule has 128 valence electrons. The summed E-state index contributed by atoms with van der Waals surface area (Å²) in [4.78, 5) is 12.8. The Kier molecular flexibility index (Phi) is 4.67. The number of nitrogens with one attached hydrogen (secondary N) is 3. The number of hydrogen-bond acceptors (Lipinski definition) is 3. The molecule has 0 radical (unpaired) electrons. The summed E-state index contributed by atoms with van der Waals surface area (Å²) in [5.74, 6) is -0.830. The highest BCUT2D eigenvalue weighted by Crippen LogP contribution is 2.29. The lowest BCUT2D eigenvalue weighted by Crippen LogP contribution is -2.45. The Bertz CT molecular complexity index is 865. The van der Waals surface area contributed by atoms with Gasteiger partial charge in [-0.25, -0.2) is 4.39 Å². The van der Waals surface area contributed by atoms with Gasteiger partial charge in [0.25, 0.3) is 5.91 Å². The molecule has 0 bridgehead atoms. The molecule has 3 rings (SSSR count). The molecule has 2 aromatic carbocycles. The Hall–Kier alpha value is -2.93. The van der Waals surface area contributed by atoms with Crippen LogP contribution in [0.2, 0.25) is 0 Å². The van der Waals surface area contributed by atoms with Gasteiger partial charge in [0.2, 0.25) is 0 Å². The standard InChI is InChI=1S/C18H16FN3O2S/c1-10-15(17(24)21-14-5-3-2-4-13(14)19)16(22-18(25)20-10)11-6-8-12(23)9-7-11/h2-9,16,23H,1H3,(H,21,24)(H2,20,22,25). The van der Waals surface area contributed by atoms with Crippen molar-refractivity contribution >= 4 is 28.9 Å². The first-order valence-electron chi connectivity index (χ1n) is 7.59. The minimum atomic E-state index is -0.513. The van der Waals surface area contributed by atoms with E-state index in [-0.39, 0.29) is 11.4 Å². The number of halogens is 1. The largest absolute Gasteiger partial charge is 0.508 e. The van der Waals surface area contributed by atoms with E-state index in [2.05, 4.69) is 16.0 Å². The van der Waals surface area contributed by atoms with Gasteiger partial charge in [0.05, 0.1) is 17.3 Å². The Morgan fingerprint density at radius 1 is 1.20 bits per heavy atom. The summed E-state index contributed by atoms with van der Waals surface area (Å²) in [6.45, 7) is 1.73. The van der Waals surface area contributed by atoms with E-state index in [1.165, 1.54) is 24.3 Å². The van der Waals surface area contributed by atoms with Gasteiger partial charge >= 0.3 is 0 Å². The monoisotopic (exact) mass is 357 g/mol. The summed E-state index contributed by atoms with van der Waals surface area (Å²) in [5, 5.41) is 18.4. The molecule has 0 spiro atoms. The first-order valence-corrected chi connectivity index (χ1v) is 7.99. The Labute approximate surface area is 149 Å². The van der Waals surface area contributed by atoms with E-state index in [1.807, 2.05) is 0 Å². The summed E-state index contributed by atoms with van der Waals surface area (Å²) in [6, 6.07) is 11.9. The number of phenolic OH excluding ortho intramolecular Hbond substituents is 1. The molecule has 0 saturated carbocycles. The van der Waals surface area contributed by atoms with Crippen LogP contribution in [0.1, 0.15) is 18.5 Å². The van der Waals surface area contributed by atoms with Gasteiger partial charge in [0, 0.05) is 5.70 Å². The normalized spacial score (nSPS) is 16.9. The molecule has 0 fully saturated rings. The fourth-order valence-electron chi connectivity index (χ4n) is 2.66. The third kappa shape index (κ3) is 3.61. The van der Waals surface area contributed by atoms with E-state index in [9.17, 15) is 14.3 Å². The molecule has 1 heterocycles. The maximum absolute atomic E-state index is 13.8. The number of carbonyl (C=O) groups excluding carboxylic acids is 1. The lowest BCUT2D eigenvalue weighted by Gasteiger charge is -2.30. The molecule has 1 aliphatic heterocycles. The Balaban J connectivity index is 1.96. The number of carbonyl (C=O) groups is 1. The van der Waals surface area contributed by atoms with Gasteiger partial charge in [0.15, 0.2) is 5.11 Å². The second kappa shape index (κ2) is 6.90. The van der Waals surface area contributed by atoms with Crippen LogP contribution in [0, 0.1) is 5.82 Å². The van der Waals surface area contributed by atoms with E-state index in [4.69, 9.17) is 12.2 Å². The van der Waals surface area contributed by atoms with Crippen molar-refractivity contribution in [3.8, 4) is 5.75 Å². The third-order valence-electron chi connectivity index (χ3n) is 3.86. The second-order valence-electron chi connectivity index (χ2n) is 5.60. The Morgan fingerprint density at radius 2 is 1.88 bits per heavy atom. The molecule has 5 nitrogen and oxygen atoms in total. The van der Waals surface area contributed by atoms with E-state index >= 15 is 0 Å². The fourth-order valence-corrected chi connectivity index (χ4v) is 2.93. The van der Waals surface area contributed by atoms with Crippen molar-refractivity contribution in [1.29, 1.82) is 0 Å². The molecular formula is C18H16FN3O2S. The predicted molar refractivity (Wildman–Crippen MR) is 97.4 cm³/mol. The molecule has 4 N–H and O–H groups in total. The highest BCUT2D eigenvalue weighted by Gasteiger charge is 2.30. The zero-order chi connectivity index (χ0) is 18.0. The fraction of sp³-hybridized carbons (Fsp3) is 0.111. The number of anilines is 1. The molecule has 1 amide bonds. The van der Waals surface area contributed by atoms with Gasteiger partial charge in [-0.3, -0.25) is 4.79 Å². The van der Waals surface area contributed by atoms with Crippen molar-refractivity contribution in [1.82, 2.24) is 10.6 Å². The van der Waals surface area contributed by atoms with Crippen LogP contribution in [0.4, 0.5) is 10.1 Å². The molecule has 7 heteroatoms. The molecule has 0 saturated heterocycles. The highest BCUT2D eigenvalue weighted by molar-refractivity contribution is 7.80. The van der Waals surface area contributed by atoms with Crippen LogP contribution in [0.25, 0.3) is 0 Å². The lowest BCUT2D eigenvalue weighted by molar-refractivity contribution is -0.113. The number of allylic oxidation sites excluding steroid dienone is 1. The zero-order valence-corrected chi connectivity index (χ0v) is 14.2. The summed E-state index contributed by atoms with van der Waals surface area (Å²) >= 11 is 5.18. The van der Waals surface area contributed by atoms with Gasteiger partial charge in [0.1, 0.15) is 11.6 Å². The van der Waals surface area contributed by atoms with E-state index in [0.29, 0.717) is 16.4 Å². The van der Waals surface area contributed by atoms with Gasteiger partial charge in [-0.05, 0) is 49.0 Å². The van der Waals surface area contributed by atoms with Crippen molar-refractivity contribution in [3.63, 3.8) is 0 Å². The number of para-hydroxylation sites is 1. The van der Waals surface area contributed by atoms with E-state index in [0.717, 1.165) is 5.56 Å². The van der Waals surface area contributed by atoms with Crippen LogP contribution in [0.3, 0.4) is 0 Å². The number of rotatable bonds is 3. The summed E-state index contributed by atoms with van der Waals surface area (Å²) in [5.41, 5.74) is 1.82. The first-order chi connectivity index (χ1) is 12.0. The minimum absolute atomic E-state index is 0.102. The molecule has 25 heavy (non-hydrogen) atoms. The lowest BCUT2D eigenvalue weighted by atomic mass is 9.95. The highest BCUT2D eigenvalue weighted by atomic mass is 32.1. The van der Waals surface area contributed by atoms with Gasteiger partial charge in [-0.2, -0.15) is 0 Å². The van der Waals surface area contributed by atoms with Crippen LogP contribution in [-0.2, 0) is 4.79 Å². The summed E-state index contributed by atoms with van der Waals surface area (Å²) in [7, 11) is 0. The number of phenols is 1. The van der Waals surface area contributed by atoms with Gasteiger partial charge in [-0.1, -0.05) is 24.3 Å². The minimum Gasteiger partial charge on any atom is -0.508 e. The quantitative estimate of drug-likeness (QED) is 0.636. The van der Waals surface area contributed by atoms with E-state index < -0.39 is 17.8 Å². The van der Waals surface area contributed by atoms with Crippen LogP contribution >= 0.6 is 12.2 Å². The average molecular weight is 357 g/mol. The van der Waals surface area contributed by atoms with Crippen molar-refractivity contribution in [2.24, 2.45) is 0 Å². The summed E-state index contributed by atoms with van der Waals surface area (Å²) in [6.07, 6.45) is 0. The predicted octanol–water partition coefficient (Wildman–Crippen LogP) is 2.96. The maximum Gasteiger partial charge on any atom is 0.255 e. The number of aromatic hydroxyl groups is 1. The van der Waals surface area contributed by atoms with Crippen LogP contribution in [-0.4, -0.2) is 16.1 Å². The first kappa shape index (κ1) is 16.9. The van der Waals surface area contributed by atoms with Gasteiger partial charge in [-0.15, -0.1) is 0 Å². The zero-order valence-electron chi connectivity index (χ0n) is 13.3. The molecular weight excluding hydrogens is 341 g/mol. The van der Waals surface area contributed by atoms with E-state index in [1.54, 1.807) is 31.2 Å². The van der Waals surface area contributed by atoms with Crippen molar-refractivity contribution in [3.05, 3.63) is 71.2 Å². The average Bonchev–Trinajstić information content (AvgIpc) is 2.57. The molecule has 1 unspecified atom stereocenters.